The largest absolute Gasteiger partial charge is 0.345 e. The number of benzene rings is 2. The first-order chi connectivity index (χ1) is 13.5. The van der Waals surface area contributed by atoms with E-state index in [1.165, 1.54) is 0 Å². The Hall–Kier alpha value is -2.77. The molecule has 2 aromatic carbocycles. The Labute approximate surface area is 171 Å². The third-order valence-corrected chi connectivity index (χ3v) is 5.16. The van der Waals surface area contributed by atoms with Gasteiger partial charge in [0, 0.05) is 22.2 Å². The normalized spacial score (nSPS) is 13.3. The highest BCUT2D eigenvalue weighted by Crippen LogP contribution is 2.35. The summed E-state index contributed by atoms with van der Waals surface area (Å²) in [6.07, 6.45) is 2.13. The Morgan fingerprint density at radius 3 is 2.50 bits per heavy atom. The molecule has 1 saturated carbocycles. The number of halogens is 1. The minimum atomic E-state index is -0.339. The van der Waals surface area contributed by atoms with Crippen molar-refractivity contribution in [2.24, 2.45) is 0 Å². The number of nitrogens with zero attached hydrogens (tertiary/aromatic N) is 2. The summed E-state index contributed by atoms with van der Waals surface area (Å²) in [7, 11) is 0. The van der Waals surface area contributed by atoms with Crippen LogP contribution in [-0.4, -0.2) is 26.5 Å². The number of nitrogens with one attached hydrogen (secondary N) is 2. The number of hydrogen-bond donors (Lipinski definition) is 2. The first kappa shape index (κ1) is 18.6. The molecule has 1 fully saturated rings. The molecular formula is C20H17ClN4O2S. The number of rotatable bonds is 6. The molecule has 0 atom stereocenters. The quantitative estimate of drug-likeness (QED) is 0.472. The van der Waals surface area contributed by atoms with Crippen LogP contribution >= 0.6 is 23.8 Å². The molecule has 0 radical (unpaired) electrons. The maximum absolute atomic E-state index is 12.9. The van der Waals surface area contributed by atoms with E-state index in [0.29, 0.717) is 38.4 Å². The van der Waals surface area contributed by atoms with E-state index in [1.54, 1.807) is 48.5 Å². The van der Waals surface area contributed by atoms with Crippen LogP contribution < -0.4 is 5.32 Å². The van der Waals surface area contributed by atoms with Crippen molar-refractivity contribution < 1.29 is 9.59 Å². The van der Waals surface area contributed by atoms with E-state index in [9.17, 15) is 9.59 Å². The van der Waals surface area contributed by atoms with E-state index >= 15 is 0 Å². The van der Waals surface area contributed by atoms with E-state index in [2.05, 4.69) is 15.5 Å². The van der Waals surface area contributed by atoms with Crippen molar-refractivity contribution in [3.05, 3.63) is 80.8 Å². The van der Waals surface area contributed by atoms with Crippen LogP contribution in [0.15, 0.2) is 48.5 Å². The number of hydrogen-bond acceptors (Lipinski definition) is 4. The van der Waals surface area contributed by atoms with Crippen LogP contribution in [0, 0.1) is 4.77 Å². The minimum Gasteiger partial charge on any atom is -0.345 e. The second kappa shape index (κ2) is 7.69. The number of ketones is 1. The fourth-order valence-electron chi connectivity index (χ4n) is 3.06. The number of aromatic nitrogens is 3. The van der Waals surface area contributed by atoms with Gasteiger partial charge in [0.1, 0.15) is 0 Å². The number of carbonyl (C=O) groups excluding carboxylic acids is 2. The van der Waals surface area contributed by atoms with Crippen molar-refractivity contribution in [3.63, 3.8) is 0 Å². The molecule has 1 aromatic heterocycles. The van der Waals surface area contributed by atoms with Gasteiger partial charge in [-0.25, -0.2) is 0 Å². The Morgan fingerprint density at radius 1 is 1.14 bits per heavy atom. The lowest BCUT2D eigenvalue weighted by Gasteiger charge is -2.10. The van der Waals surface area contributed by atoms with E-state index in [-0.39, 0.29) is 18.2 Å². The van der Waals surface area contributed by atoms with Gasteiger partial charge in [-0.3, -0.25) is 19.3 Å². The Kier molecular flexibility index (Phi) is 5.11. The topological polar surface area (TPSA) is 79.8 Å². The predicted octanol–water partition coefficient (Wildman–Crippen LogP) is 4.09. The van der Waals surface area contributed by atoms with Crippen LogP contribution in [0.2, 0.25) is 5.02 Å². The highest BCUT2D eigenvalue weighted by Gasteiger charge is 2.27. The van der Waals surface area contributed by atoms with Crippen molar-refractivity contribution in [3.8, 4) is 0 Å². The molecule has 1 aliphatic carbocycles. The third-order valence-electron chi connectivity index (χ3n) is 4.62. The highest BCUT2D eigenvalue weighted by atomic mass is 35.5. The van der Waals surface area contributed by atoms with Crippen LogP contribution in [0.25, 0.3) is 0 Å². The standard InChI is InChI=1S/C20H17ClN4O2S/c21-13-7-5-12(6-8-13)18(26)15-3-1-2-4-16(15)19(27)22-11-17-23-24-20(28)25(17)14-9-10-14/h1-8,14H,9-11H2,(H,22,27)(H,24,28). The molecule has 0 spiro atoms. The van der Waals surface area contributed by atoms with Crippen molar-refractivity contribution in [2.75, 3.05) is 0 Å². The van der Waals surface area contributed by atoms with Gasteiger partial charge in [0.15, 0.2) is 16.4 Å². The first-order valence-electron chi connectivity index (χ1n) is 8.88. The average Bonchev–Trinajstić information content (AvgIpc) is 3.48. The summed E-state index contributed by atoms with van der Waals surface area (Å²) in [5, 5.41) is 10.4. The van der Waals surface area contributed by atoms with Crippen molar-refractivity contribution in [1.82, 2.24) is 20.1 Å². The first-order valence-corrected chi connectivity index (χ1v) is 9.66. The smallest absolute Gasteiger partial charge is 0.252 e. The molecule has 0 aliphatic heterocycles. The molecule has 1 amide bonds. The molecule has 0 bridgehead atoms. The lowest BCUT2D eigenvalue weighted by atomic mass is 9.98. The molecular weight excluding hydrogens is 396 g/mol. The summed E-state index contributed by atoms with van der Waals surface area (Å²) >= 11 is 11.2. The highest BCUT2D eigenvalue weighted by molar-refractivity contribution is 7.71. The number of amides is 1. The van der Waals surface area contributed by atoms with Gasteiger partial charge in [-0.15, -0.1) is 0 Å². The predicted molar refractivity (Wildman–Crippen MR) is 108 cm³/mol. The van der Waals surface area contributed by atoms with Gasteiger partial charge in [-0.2, -0.15) is 5.10 Å². The summed E-state index contributed by atoms with van der Waals surface area (Å²) in [6, 6.07) is 13.7. The van der Waals surface area contributed by atoms with Crippen LogP contribution in [-0.2, 0) is 6.54 Å². The third kappa shape index (κ3) is 3.76. The maximum Gasteiger partial charge on any atom is 0.252 e. The summed E-state index contributed by atoms with van der Waals surface area (Å²) < 4.78 is 2.51. The summed E-state index contributed by atoms with van der Waals surface area (Å²) in [5.74, 6) is 0.111. The monoisotopic (exact) mass is 412 g/mol. The fraction of sp³-hybridized carbons (Fsp3) is 0.200. The lowest BCUT2D eigenvalue weighted by Crippen LogP contribution is -2.26. The van der Waals surface area contributed by atoms with Crippen molar-refractivity contribution in [1.29, 1.82) is 0 Å². The minimum absolute atomic E-state index is 0.228. The van der Waals surface area contributed by atoms with E-state index in [4.69, 9.17) is 23.8 Å². The van der Waals surface area contributed by atoms with E-state index < -0.39 is 0 Å². The molecule has 28 heavy (non-hydrogen) atoms. The molecule has 1 aliphatic rings. The fourth-order valence-corrected chi connectivity index (χ4v) is 3.49. The second-order valence-corrected chi connectivity index (χ2v) is 7.43. The van der Waals surface area contributed by atoms with Crippen LogP contribution in [0.4, 0.5) is 0 Å². The van der Waals surface area contributed by atoms with Gasteiger partial charge in [0.2, 0.25) is 0 Å². The molecule has 2 N–H and O–H groups in total. The van der Waals surface area contributed by atoms with Crippen LogP contribution in [0.5, 0.6) is 0 Å². The average molecular weight is 413 g/mol. The van der Waals surface area contributed by atoms with Gasteiger partial charge in [0.05, 0.1) is 12.1 Å². The van der Waals surface area contributed by atoms with Gasteiger partial charge in [0.25, 0.3) is 5.91 Å². The molecule has 3 aromatic rings. The summed E-state index contributed by atoms with van der Waals surface area (Å²) in [5.41, 5.74) is 1.12. The van der Waals surface area contributed by atoms with Crippen LogP contribution in [0.1, 0.15) is 51.0 Å². The van der Waals surface area contributed by atoms with E-state index in [0.717, 1.165) is 12.8 Å². The van der Waals surface area contributed by atoms with Crippen molar-refractivity contribution >= 4 is 35.5 Å². The Bertz CT molecular complexity index is 1100. The molecule has 1 heterocycles. The Balaban J connectivity index is 1.54. The zero-order valence-electron chi connectivity index (χ0n) is 14.8. The molecule has 0 unspecified atom stereocenters. The molecule has 142 valence electrons. The number of aromatic amines is 1. The number of carbonyl (C=O) groups is 2. The second-order valence-electron chi connectivity index (χ2n) is 6.61. The molecule has 4 rings (SSSR count). The summed E-state index contributed by atoms with van der Waals surface area (Å²) in [6.45, 7) is 0.228. The Morgan fingerprint density at radius 2 is 1.82 bits per heavy atom. The van der Waals surface area contributed by atoms with Crippen molar-refractivity contribution in [2.45, 2.75) is 25.4 Å². The zero-order chi connectivity index (χ0) is 19.7. The molecule has 6 nitrogen and oxygen atoms in total. The number of H-pyrrole nitrogens is 1. The van der Waals surface area contributed by atoms with Gasteiger partial charge in [-0.05, 0) is 55.4 Å². The molecule has 0 saturated heterocycles. The summed E-state index contributed by atoms with van der Waals surface area (Å²) in [4.78, 5) is 25.6. The van der Waals surface area contributed by atoms with E-state index in [1.807, 2.05) is 4.57 Å². The van der Waals surface area contributed by atoms with Crippen LogP contribution in [0.3, 0.4) is 0 Å². The zero-order valence-corrected chi connectivity index (χ0v) is 16.4. The van der Waals surface area contributed by atoms with Gasteiger partial charge >= 0.3 is 0 Å². The SMILES string of the molecule is O=C(NCc1n[nH]c(=S)n1C1CC1)c1ccccc1C(=O)c1ccc(Cl)cc1. The van der Waals surface area contributed by atoms with Gasteiger partial charge < -0.3 is 5.32 Å². The van der Waals surface area contributed by atoms with Gasteiger partial charge in [-0.1, -0.05) is 29.8 Å². The molecule has 8 heteroatoms. The lowest BCUT2D eigenvalue weighted by molar-refractivity contribution is 0.0938. The maximum atomic E-state index is 12.9.